The van der Waals surface area contributed by atoms with Gasteiger partial charge in [-0.2, -0.15) is 4.31 Å². The van der Waals surface area contributed by atoms with E-state index < -0.39 is 10.0 Å². The van der Waals surface area contributed by atoms with Crippen molar-refractivity contribution in [3.05, 3.63) is 52.3 Å². The van der Waals surface area contributed by atoms with Crippen molar-refractivity contribution in [3.8, 4) is 22.8 Å². The number of sulfonamides is 1. The number of thiazole rings is 1. The van der Waals surface area contributed by atoms with Crippen molar-refractivity contribution >= 4 is 42.4 Å². The summed E-state index contributed by atoms with van der Waals surface area (Å²) in [4.78, 5) is 7.20. The Hall–Kier alpha value is -2.14. The van der Waals surface area contributed by atoms with Crippen LogP contribution < -0.4 is 14.4 Å². The van der Waals surface area contributed by atoms with Gasteiger partial charge in [-0.05, 0) is 46.3 Å². The highest BCUT2D eigenvalue weighted by Gasteiger charge is 2.30. The summed E-state index contributed by atoms with van der Waals surface area (Å²) < 4.78 is 38.9. The van der Waals surface area contributed by atoms with Crippen molar-refractivity contribution in [2.75, 3.05) is 45.3 Å². The summed E-state index contributed by atoms with van der Waals surface area (Å²) in [6, 6.07) is 12.5. The number of hydrogen-bond donors (Lipinski definition) is 0. The molecule has 0 saturated carbocycles. The van der Waals surface area contributed by atoms with Crippen molar-refractivity contribution in [3.63, 3.8) is 0 Å². The topological polar surface area (TPSA) is 72.0 Å². The first kappa shape index (κ1) is 22.1. The Balaban J connectivity index is 1.50. The summed E-state index contributed by atoms with van der Waals surface area (Å²) in [6.45, 7) is 1.96. The predicted molar refractivity (Wildman–Crippen MR) is 126 cm³/mol. The molecule has 2 aromatic carbocycles. The van der Waals surface area contributed by atoms with Gasteiger partial charge in [0.05, 0.1) is 24.8 Å². The van der Waals surface area contributed by atoms with Gasteiger partial charge in [-0.25, -0.2) is 13.4 Å². The quantitative estimate of drug-likeness (QED) is 0.484. The number of anilines is 1. The third kappa shape index (κ3) is 4.43. The number of ether oxygens (including phenoxy) is 2. The highest BCUT2D eigenvalue weighted by Crippen LogP contribution is 2.36. The SMILES string of the molecule is COc1ccc(OC)c(-c2csc(N3CCN(S(=O)(=O)c4ccccc4Br)CC3)n2)c1. The lowest BCUT2D eigenvalue weighted by molar-refractivity contribution is 0.384. The van der Waals surface area contributed by atoms with Crippen LogP contribution in [0.3, 0.4) is 0 Å². The molecule has 1 aliphatic rings. The van der Waals surface area contributed by atoms with Crippen molar-refractivity contribution in [2.45, 2.75) is 4.90 Å². The molecule has 1 aliphatic heterocycles. The largest absolute Gasteiger partial charge is 0.497 e. The zero-order valence-corrected chi connectivity index (χ0v) is 20.3. The molecule has 0 unspecified atom stereocenters. The molecule has 10 heteroatoms. The molecule has 0 radical (unpaired) electrons. The Kier molecular flexibility index (Phi) is 6.52. The van der Waals surface area contributed by atoms with Crippen LogP contribution in [-0.2, 0) is 10.0 Å². The van der Waals surface area contributed by atoms with Gasteiger partial charge in [-0.15, -0.1) is 11.3 Å². The van der Waals surface area contributed by atoms with Crippen LogP contribution in [0.15, 0.2) is 57.2 Å². The van der Waals surface area contributed by atoms with E-state index in [-0.39, 0.29) is 0 Å². The number of halogens is 1. The summed E-state index contributed by atoms with van der Waals surface area (Å²) >= 11 is 4.88. The Bertz CT molecular complexity index is 1170. The zero-order chi connectivity index (χ0) is 22.0. The average Bonchev–Trinajstić information content (AvgIpc) is 3.29. The fourth-order valence-electron chi connectivity index (χ4n) is 3.46. The molecule has 2 heterocycles. The van der Waals surface area contributed by atoms with Crippen molar-refractivity contribution < 1.29 is 17.9 Å². The van der Waals surface area contributed by atoms with Gasteiger partial charge in [0.2, 0.25) is 10.0 Å². The Labute approximate surface area is 194 Å². The third-order valence-electron chi connectivity index (χ3n) is 5.14. The molecule has 31 heavy (non-hydrogen) atoms. The second-order valence-electron chi connectivity index (χ2n) is 6.90. The normalized spacial score (nSPS) is 15.1. The van der Waals surface area contributed by atoms with E-state index in [1.54, 1.807) is 38.5 Å². The van der Waals surface area contributed by atoms with E-state index in [0.29, 0.717) is 35.5 Å². The summed E-state index contributed by atoms with van der Waals surface area (Å²) in [5.41, 5.74) is 1.67. The number of piperazine rings is 1. The summed E-state index contributed by atoms with van der Waals surface area (Å²) in [5.74, 6) is 1.46. The monoisotopic (exact) mass is 523 g/mol. The molecule has 7 nitrogen and oxygen atoms in total. The molecular formula is C21H22BrN3O4S2. The molecule has 1 aromatic heterocycles. The fraction of sp³-hybridized carbons (Fsp3) is 0.286. The van der Waals surface area contributed by atoms with Crippen molar-refractivity contribution in [1.82, 2.24) is 9.29 Å². The Morgan fingerprint density at radius 2 is 1.77 bits per heavy atom. The summed E-state index contributed by atoms with van der Waals surface area (Å²) in [7, 11) is -0.288. The van der Waals surface area contributed by atoms with Crippen LogP contribution in [0.1, 0.15) is 0 Å². The van der Waals surface area contributed by atoms with Crippen molar-refractivity contribution in [2.24, 2.45) is 0 Å². The standard InChI is InChI=1S/C21H22BrN3O4S2/c1-28-15-7-8-19(29-2)16(13-15)18-14-30-21(23-18)24-9-11-25(12-10-24)31(26,27)20-6-4-3-5-17(20)22/h3-8,13-14H,9-12H2,1-2H3. The van der Waals surface area contributed by atoms with Gasteiger partial charge < -0.3 is 14.4 Å². The van der Waals surface area contributed by atoms with Gasteiger partial charge in [0.25, 0.3) is 0 Å². The Morgan fingerprint density at radius 1 is 1.03 bits per heavy atom. The van der Waals surface area contributed by atoms with E-state index in [9.17, 15) is 8.42 Å². The molecular weight excluding hydrogens is 502 g/mol. The maximum Gasteiger partial charge on any atom is 0.244 e. The number of nitrogens with zero attached hydrogens (tertiary/aromatic N) is 3. The Morgan fingerprint density at radius 3 is 2.45 bits per heavy atom. The second-order valence-corrected chi connectivity index (χ2v) is 10.5. The van der Waals surface area contributed by atoms with Crippen LogP contribution in [0.4, 0.5) is 5.13 Å². The van der Waals surface area contributed by atoms with Gasteiger partial charge in [0, 0.05) is 41.6 Å². The van der Waals surface area contributed by atoms with E-state index >= 15 is 0 Å². The highest BCUT2D eigenvalue weighted by molar-refractivity contribution is 9.10. The molecule has 164 valence electrons. The number of aromatic nitrogens is 1. The maximum atomic E-state index is 13.0. The molecule has 1 fully saturated rings. The number of methoxy groups -OCH3 is 2. The highest BCUT2D eigenvalue weighted by atomic mass is 79.9. The second kappa shape index (κ2) is 9.15. The van der Waals surface area contributed by atoms with Crippen LogP contribution in [0, 0.1) is 0 Å². The molecule has 0 aliphatic carbocycles. The lowest BCUT2D eigenvalue weighted by Gasteiger charge is -2.34. The summed E-state index contributed by atoms with van der Waals surface area (Å²) in [5, 5.41) is 2.84. The van der Waals surface area contributed by atoms with Crippen LogP contribution in [0.2, 0.25) is 0 Å². The smallest absolute Gasteiger partial charge is 0.244 e. The van der Waals surface area contributed by atoms with E-state index in [4.69, 9.17) is 14.5 Å². The first-order valence-corrected chi connectivity index (χ1v) is 12.7. The maximum absolute atomic E-state index is 13.0. The van der Waals surface area contributed by atoms with Gasteiger partial charge >= 0.3 is 0 Å². The van der Waals surface area contributed by atoms with Crippen LogP contribution in [0.25, 0.3) is 11.3 Å². The minimum Gasteiger partial charge on any atom is -0.497 e. The molecule has 4 rings (SSSR count). The minimum atomic E-state index is -3.54. The van der Waals surface area contributed by atoms with Crippen molar-refractivity contribution in [1.29, 1.82) is 0 Å². The van der Waals surface area contributed by atoms with Crippen LogP contribution in [-0.4, -0.2) is 58.1 Å². The molecule has 0 bridgehead atoms. The van der Waals surface area contributed by atoms with Crippen LogP contribution in [0.5, 0.6) is 11.5 Å². The molecule has 0 spiro atoms. The van der Waals surface area contributed by atoms with Crippen LogP contribution >= 0.6 is 27.3 Å². The minimum absolute atomic E-state index is 0.296. The first-order chi connectivity index (χ1) is 14.9. The molecule has 1 saturated heterocycles. The lowest BCUT2D eigenvalue weighted by Crippen LogP contribution is -2.48. The van der Waals surface area contributed by atoms with Gasteiger partial charge in [-0.3, -0.25) is 0 Å². The van der Waals surface area contributed by atoms with Gasteiger partial charge in [0.15, 0.2) is 5.13 Å². The lowest BCUT2D eigenvalue weighted by atomic mass is 10.1. The first-order valence-electron chi connectivity index (χ1n) is 9.61. The van der Waals surface area contributed by atoms with Gasteiger partial charge in [-0.1, -0.05) is 12.1 Å². The van der Waals surface area contributed by atoms with E-state index in [0.717, 1.165) is 27.9 Å². The van der Waals surface area contributed by atoms with E-state index in [2.05, 4.69) is 20.8 Å². The molecule has 0 amide bonds. The fourth-order valence-corrected chi connectivity index (χ4v) is 6.73. The molecule has 0 atom stereocenters. The number of hydrogen-bond acceptors (Lipinski definition) is 7. The van der Waals surface area contributed by atoms with E-state index in [1.165, 1.54) is 15.6 Å². The van der Waals surface area contributed by atoms with E-state index in [1.807, 2.05) is 23.6 Å². The van der Waals surface area contributed by atoms with Gasteiger partial charge in [0.1, 0.15) is 11.5 Å². The third-order valence-corrected chi connectivity index (χ3v) is 8.95. The average molecular weight is 524 g/mol. The number of benzene rings is 2. The summed E-state index contributed by atoms with van der Waals surface area (Å²) in [6.07, 6.45) is 0. The predicted octanol–water partition coefficient (Wildman–Crippen LogP) is 4.10. The molecule has 3 aromatic rings. The number of rotatable bonds is 6. The molecule has 0 N–H and O–H groups in total. The zero-order valence-electron chi connectivity index (χ0n) is 17.1.